The minimum atomic E-state index is -1.14. The fourth-order valence-corrected chi connectivity index (χ4v) is 1.99. The van der Waals surface area contributed by atoms with Crippen LogP contribution in [0.25, 0.3) is 0 Å². The van der Waals surface area contributed by atoms with E-state index >= 15 is 0 Å². The number of carbonyl (C=O) groups excluding carboxylic acids is 1. The average molecular weight is 318 g/mol. The second kappa shape index (κ2) is 6.69. The third-order valence-corrected chi connectivity index (χ3v) is 3.01. The van der Waals surface area contributed by atoms with Gasteiger partial charge in [-0.2, -0.15) is 0 Å². The fourth-order valence-electron chi connectivity index (χ4n) is 1.99. The van der Waals surface area contributed by atoms with E-state index in [0.29, 0.717) is 0 Å². The van der Waals surface area contributed by atoms with Crippen LogP contribution < -0.4 is 4.74 Å². The summed E-state index contributed by atoms with van der Waals surface area (Å²) in [6.07, 6.45) is -0.734. The van der Waals surface area contributed by atoms with Gasteiger partial charge in [0.2, 0.25) is 0 Å². The van der Waals surface area contributed by atoms with Gasteiger partial charge in [0.15, 0.2) is 0 Å². The molecule has 120 valence electrons. The first-order chi connectivity index (χ1) is 10.8. The number of esters is 1. The van der Waals surface area contributed by atoms with Gasteiger partial charge >= 0.3 is 11.9 Å². The number of ether oxygens (including phenoxy) is 1. The predicted octanol–water partition coefficient (Wildman–Crippen LogP) is 1.58. The first-order valence-electron chi connectivity index (χ1n) is 6.60. The Labute approximate surface area is 131 Å². The molecule has 0 atom stereocenters. The van der Waals surface area contributed by atoms with Crippen LogP contribution in [0.5, 0.6) is 23.0 Å². The summed E-state index contributed by atoms with van der Waals surface area (Å²) in [4.78, 5) is 22.8. The molecule has 2 aromatic rings. The number of carboxylic acid groups (broad SMARTS) is 1. The molecule has 0 heterocycles. The van der Waals surface area contributed by atoms with E-state index < -0.39 is 18.4 Å². The first-order valence-corrected chi connectivity index (χ1v) is 6.60. The van der Waals surface area contributed by atoms with Crippen molar-refractivity contribution in [2.45, 2.75) is 12.8 Å². The summed E-state index contributed by atoms with van der Waals surface area (Å²) in [7, 11) is 0. The largest absolute Gasteiger partial charge is 0.508 e. The minimum Gasteiger partial charge on any atom is -0.508 e. The zero-order valence-corrected chi connectivity index (χ0v) is 11.9. The molecule has 0 aliphatic rings. The lowest BCUT2D eigenvalue weighted by Crippen LogP contribution is -2.13. The van der Waals surface area contributed by atoms with Crippen molar-refractivity contribution in [1.29, 1.82) is 0 Å². The van der Waals surface area contributed by atoms with E-state index in [4.69, 9.17) is 9.84 Å². The fraction of sp³-hybridized carbons (Fsp3) is 0.125. The molecule has 0 aliphatic carbocycles. The number of benzene rings is 2. The minimum absolute atomic E-state index is 0.00911. The van der Waals surface area contributed by atoms with E-state index in [9.17, 15) is 24.9 Å². The first kappa shape index (κ1) is 16.2. The molecule has 0 bridgehead atoms. The molecule has 2 aromatic carbocycles. The summed E-state index contributed by atoms with van der Waals surface area (Å²) in [6.45, 7) is 0. The molecular weight excluding hydrogens is 304 g/mol. The summed E-state index contributed by atoms with van der Waals surface area (Å²) in [5.74, 6) is -2.30. The summed E-state index contributed by atoms with van der Waals surface area (Å²) < 4.78 is 5.09. The molecule has 0 saturated heterocycles. The number of hydrogen-bond donors (Lipinski definition) is 4. The lowest BCUT2D eigenvalue weighted by molar-refractivity contribution is -0.137. The zero-order chi connectivity index (χ0) is 17.0. The van der Waals surface area contributed by atoms with E-state index in [1.807, 2.05) is 0 Å². The smallest absolute Gasteiger partial charge is 0.315 e. The van der Waals surface area contributed by atoms with Gasteiger partial charge in [-0.1, -0.05) is 0 Å². The molecule has 0 saturated carbocycles. The van der Waals surface area contributed by atoms with Crippen LogP contribution in [0.2, 0.25) is 0 Å². The van der Waals surface area contributed by atoms with Crippen LogP contribution in [-0.2, 0) is 22.4 Å². The second-order valence-corrected chi connectivity index (χ2v) is 4.83. The number of aromatic hydroxyl groups is 3. The Morgan fingerprint density at radius 1 is 0.870 bits per heavy atom. The third-order valence-electron chi connectivity index (χ3n) is 3.01. The standard InChI is InChI=1S/C16H14O7/c17-11-1-3-13(19)9(5-11)8-16(22)23-14-4-2-12(18)6-10(14)7-15(20)21/h1-6,17-19H,7-8H2,(H,20,21). The Balaban J connectivity index is 2.17. The Hall–Kier alpha value is -3.22. The van der Waals surface area contributed by atoms with Gasteiger partial charge in [0.25, 0.3) is 0 Å². The Morgan fingerprint density at radius 3 is 2.13 bits per heavy atom. The van der Waals surface area contributed by atoms with Crippen molar-refractivity contribution < 1.29 is 34.8 Å². The molecule has 0 spiro atoms. The van der Waals surface area contributed by atoms with Crippen molar-refractivity contribution in [2.75, 3.05) is 0 Å². The number of carboxylic acids is 1. The lowest BCUT2D eigenvalue weighted by Gasteiger charge is -2.10. The van der Waals surface area contributed by atoms with Gasteiger partial charge in [0.05, 0.1) is 12.8 Å². The highest BCUT2D eigenvalue weighted by molar-refractivity contribution is 5.78. The SMILES string of the molecule is O=C(O)Cc1cc(O)ccc1OC(=O)Cc1cc(O)ccc1O. The number of aliphatic carboxylic acids is 1. The summed E-state index contributed by atoms with van der Waals surface area (Å²) in [6, 6.07) is 7.49. The van der Waals surface area contributed by atoms with Gasteiger partial charge in [-0.15, -0.1) is 0 Å². The predicted molar refractivity (Wildman–Crippen MR) is 78.6 cm³/mol. The van der Waals surface area contributed by atoms with E-state index in [0.717, 1.165) is 0 Å². The molecular formula is C16H14O7. The number of carbonyl (C=O) groups is 2. The van der Waals surface area contributed by atoms with Crippen LogP contribution in [0, 0.1) is 0 Å². The quantitative estimate of drug-likeness (QED) is 0.375. The highest BCUT2D eigenvalue weighted by atomic mass is 16.5. The van der Waals surface area contributed by atoms with Gasteiger partial charge in [-0.3, -0.25) is 9.59 Å². The van der Waals surface area contributed by atoms with Crippen LogP contribution >= 0.6 is 0 Å². The van der Waals surface area contributed by atoms with Crippen LogP contribution in [0.3, 0.4) is 0 Å². The van der Waals surface area contributed by atoms with Gasteiger partial charge in [-0.05, 0) is 36.4 Å². The van der Waals surface area contributed by atoms with E-state index in [-0.39, 0.29) is 40.5 Å². The molecule has 23 heavy (non-hydrogen) atoms. The maximum Gasteiger partial charge on any atom is 0.315 e. The molecule has 0 aliphatic heterocycles. The maximum absolute atomic E-state index is 11.9. The van der Waals surface area contributed by atoms with Crippen molar-refractivity contribution in [3.05, 3.63) is 47.5 Å². The summed E-state index contributed by atoms with van der Waals surface area (Å²) in [5.41, 5.74) is 0.319. The maximum atomic E-state index is 11.9. The monoisotopic (exact) mass is 318 g/mol. The van der Waals surface area contributed by atoms with Gasteiger partial charge in [0.1, 0.15) is 23.0 Å². The molecule has 0 amide bonds. The molecule has 0 fully saturated rings. The number of hydrogen-bond acceptors (Lipinski definition) is 6. The van der Waals surface area contributed by atoms with E-state index in [2.05, 4.69) is 0 Å². The molecule has 0 unspecified atom stereocenters. The van der Waals surface area contributed by atoms with Gasteiger partial charge < -0.3 is 25.2 Å². The topological polar surface area (TPSA) is 124 Å². The van der Waals surface area contributed by atoms with Crippen LogP contribution in [-0.4, -0.2) is 32.4 Å². The van der Waals surface area contributed by atoms with Crippen molar-refractivity contribution in [2.24, 2.45) is 0 Å². The van der Waals surface area contributed by atoms with E-state index in [1.54, 1.807) is 0 Å². The van der Waals surface area contributed by atoms with Crippen LogP contribution in [0.1, 0.15) is 11.1 Å². The summed E-state index contributed by atoms with van der Waals surface area (Å²) >= 11 is 0. The van der Waals surface area contributed by atoms with Crippen molar-refractivity contribution >= 4 is 11.9 Å². The number of phenols is 3. The molecule has 0 radical (unpaired) electrons. The number of phenolic OH excluding ortho intramolecular Hbond substituents is 3. The van der Waals surface area contributed by atoms with Crippen molar-refractivity contribution in [3.63, 3.8) is 0 Å². The third kappa shape index (κ3) is 4.37. The number of rotatable bonds is 5. The van der Waals surface area contributed by atoms with E-state index in [1.165, 1.54) is 36.4 Å². The lowest BCUT2D eigenvalue weighted by atomic mass is 10.1. The molecule has 7 heteroatoms. The normalized spacial score (nSPS) is 10.3. The highest BCUT2D eigenvalue weighted by Gasteiger charge is 2.15. The molecule has 2 rings (SSSR count). The van der Waals surface area contributed by atoms with Crippen LogP contribution in [0.4, 0.5) is 0 Å². The highest BCUT2D eigenvalue weighted by Crippen LogP contribution is 2.26. The Bertz CT molecular complexity index is 752. The molecule has 7 nitrogen and oxygen atoms in total. The molecule has 4 N–H and O–H groups in total. The van der Waals surface area contributed by atoms with Gasteiger partial charge in [-0.25, -0.2) is 0 Å². The van der Waals surface area contributed by atoms with Gasteiger partial charge in [0, 0.05) is 11.1 Å². The Morgan fingerprint density at radius 2 is 1.48 bits per heavy atom. The summed E-state index contributed by atoms with van der Waals surface area (Å²) in [5, 5.41) is 37.2. The Kier molecular flexibility index (Phi) is 4.70. The molecule has 0 aromatic heterocycles. The van der Waals surface area contributed by atoms with Crippen LogP contribution in [0.15, 0.2) is 36.4 Å². The van der Waals surface area contributed by atoms with Crippen molar-refractivity contribution in [1.82, 2.24) is 0 Å². The second-order valence-electron chi connectivity index (χ2n) is 4.83. The van der Waals surface area contributed by atoms with Crippen molar-refractivity contribution in [3.8, 4) is 23.0 Å². The average Bonchev–Trinajstić information content (AvgIpc) is 2.45. The zero-order valence-electron chi connectivity index (χ0n) is 11.9.